The Morgan fingerprint density at radius 2 is 2.12 bits per heavy atom. The normalized spacial score (nSPS) is 12.8. The lowest BCUT2D eigenvalue weighted by Gasteiger charge is -2.16. The van der Waals surface area contributed by atoms with Crippen molar-refractivity contribution in [3.63, 3.8) is 0 Å². The van der Waals surface area contributed by atoms with Gasteiger partial charge < -0.3 is 5.32 Å². The molecule has 0 saturated carbocycles. The van der Waals surface area contributed by atoms with E-state index in [9.17, 15) is 18.0 Å². The smallest absolute Gasteiger partial charge is 0.337 e. The van der Waals surface area contributed by atoms with Gasteiger partial charge in [-0.05, 0) is 25.3 Å². The number of carbonyl (C=O) groups excluding carboxylic acids is 1. The van der Waals surface area contributed by atoms with Gasteiger partial charge in [0.25, 0.3) is 0 Å². The Balaban J connectivity index is 1.84. The van der Waals surface area contributed by atoms with E-state index in [-0.39, 0.29) is 19.0 Å². The van der Waals surface area contributed by atoms with Gasteiger partial charge in [0.05, 0.1) is 11.9 Å². The second kappa shape index (κ2) is 8.19. The first kappa shape index (κ1) is 19.7. The molecule has 2 rings (SSSR count). The van der Waals surface area contributed by atoms with Gasteiger partial charge in [0.15, 0.2) is 5.82 Å². The molecule has 0 radical (unpaired) electrons. The summed E-state index contributed by atoms with van der Waals surface area (Å²) < 4.78 is 41.4. The van der Waals surface area contributed by atoms with Gasteiger partial charge in [-0.25, -0.2) is 4.79 Å². The summed E-state index contributed by atoms with van der Waals surface area (Å²) in [5, 5.41) is 16.7. The van der Waals surface area contributed by atoms with Crippen molar-refractivity contribution < 1.29 is 18.0 Å². The fourth-order valence-electron chi connectivity index (χ4n) is 2.39. The van der Waals surface area contributed by atoms with Crippen LogP contribution in [0.25, 0.3) is 0 Å². The lowest BCUT2D eigenvalue weighted by Crippen LogP contribution is -2.34. The average Bonchev–Trinajstić information content (AvgIpc) is 3.12. The number of hydrogen-bond donors (Lipinski definition) is 2. The van der Waals surface area contributed by atoms with Gasteiger partial charge in [-0.1, -0.05) is 19.1 Å². The molecule has 0 aliphatic carbocycles. The van der Waals surface area contributed by atoms with E-state index in [1.807, 2.05) is 6.92 Å². The second-order valence-corrected chi connectivity index (χ2v) is 6.16. The highest BCUT2D eigenvalue weighted by molar-refractivity contribution is 5.87. The van der Waals surface area contributed by atoms with E-state index in [0.717, 1.165) is 17.2 Å². The largest absolute Gasteiger partial charge is 0.433 e. The molecule has 0 bridgehead atoms. The van der Waals surface area contributed by atoms with Crippen molar-refractivity contribution in [1.82, 2.24) is 30.1 Å². The van der Waals surface area contributed by atoms with Crippen molar-refractivity contribution in [3.8, 4) is 0 Å². The summed E-state index contributed by atoms with van der Waals surface area (Å²) in [6.45, 7) is 6.15. The maximum absolute atomic E-state index is 13.0. The fourth-order valence-corrected chi connectivity index (χ4v) is 2.39. The van der Waals surface area contributed by atoms with Gasteiger partial charge in [-0.15, -0.1) is 5.10 Å². The molecule has 8 nitrogen and oxygen atoms in total. The molecule has 2 amide bonds. The Bertz CT molecular complexity index is 738. The van der Waals surface area contributed by atoms with Crippen molar-refractivity contribution >= 4 is 11.8 Å². The topological polar surface area (TPSA) is 89.7 Å². The molecule has 0 fully saturated rings. The molecule has 0 spiro atoms. The molecule has 2 N–H and O–H groups in total. The monoisotopic (exact) mass is 373 g/mol. The molecule has 0 saturated heterocycles. The molecular weight excluding hydrogens is 351 g/mol. The number of halogens is 3. The molecule has 144 valence electrons. The van der Waals surface area contributed by atoms with Crippen LogP contribution in [0.1, 0.15) is 31.7 Å². The predicted molar refractivity (Wildman–Crippen MR) is 88.5 cm³/mol. The summed E-state index contributed by atoms with van der Waals surface area (Å²) in [6.07, 6.45) is -1.97. The van der Waals surface area contributed by atoms with Crippen molar-refractivity contribution in [3.05, 3.63) is 23.7 Å². The van der Waals surface area contributed by atoms with E-state index < -0.39 is 17.9 Å². The molecule has 11 heteroatoms. The zero-order valence-corrected chi connectivity index (χ0v) is 14.8. The van der Waals surface area contributed by atoms with Crippen molar-refractivity contribution in [2.75, 3.05) is 11.9 Å². The van der Waals surface area contributed by atoms with E-state index in [1.54, 1.807) is 17.8 Å². The third-order valence-corrected chi connectivity index (χ3v) is 3.52. The van der Waals surface area contributed by atoms with Crippen molar-refractivity contribution in [2.24, 2.45) is 5.92 Å². The Morgan fingerprint density at radius 1 is 1.38 bits per heavy atom. The van der Waals surface area contributed by atoms with Crippen molar-refractivity contribution in [1.29, 1.82) is 0 Å². The molecule has 0 aliphatic heterocycles. The molecule has 0 aromatic carbocycles. The van der Waals surface area contributed by atoms with E-state index in [0.29, 0.717) is 18.1 Å². The maximum atomic E-state index is 13.0. The average molecular weight is 373 g/mol. The van der Waals surface area contributed by atoms with Gasteiger partial charge in [0.2, 0.25) is 0 Å². The summed E-state index contributed by atoms with van der Waals surface area (Å²) in [5.74, 6) is 0.0579. The molecule has 1 unspecified atom stereocenters. The summed E-state index contributed by atoms with van der Waals surface area (Å²) in [7, 11) is 0. The van der Waals surface area contributed by atoms with Crippen LogP contribution in [-0.4, -0.2) is 37.4 Å². The van der Waals surface area contributed by atoms with Crippen LogP contribution in [-0.2, 0) is 19.3 Å². The van der Waals surface area contributed by atoms with Gasteiger partial charge in [-0.2, -0.15) is 18.3 Å². The predicted octanol–water partition coefficient (Wildman–Crippen LogP) is 2.67. The molecule has 2 heterocycles. The lowest BCUT2D eigenvalue weighted by molar-refractivity contribution is -0.144. The van der Waals surface area contributed by atoms with E-state index >= 15 is 0 Å². The minimum absolute atomic E-state index is 0.0373. The first-order valence-corrected chi connectivity index (χ1v) is 8.25. The first-order chi connectivity index (χ1) is 12.2. The van der Waals surface area contributed by atoms with Crippen LogP contribution >= 0.6 is 0 Å². The van der Waals surface area contributed by atoms with Crippen LogP contribution in [0.15, 0.2) is 12.3 Å². The van der Waals surface area contributed by atoms with E-state index in [1.165, 1.54) is 6.92 Å². The second-order valence-electron chi connectivity index (χ2n) is 6.16. The Morgan fingerprint density at radius 3 is 2.77 bits per heavy atom. The number of hydrogen-bond acceptors (Lipinski definition) is 4. The van der Waals surface area contributed by atoms with Gasteiger partial charge >= 0.3 is 12.2 Å². The Hall–Kier alpha value is -2.59. The number of anilines is 1. The third-order valence-electron chi connectivity index (χ3n) is 3.52. The fraction of sp³-hybridized carbons (Fsp3) is 0.600. The number of aryl methyl sites for hydroxylation is 2. The van der Waals surface area contributed by atoms with E-state index in [4.69, 9.17) is 0 Å². The molecule has 1 atom stereocenters. The molecule has 0 aliphatic rings. The highest BCUT2D eigenvalue weighted by Gasteiger charge is 2.35. The summed E-state index contributed by atoms with van der Waals surface area (Å²) in [5.41, 5.74) is -0.496. The van der Waals surface area contributed by atoms with Crippen molar-refractivity contribution in [2.45, 2.75) is 46.5 Å². The molecular formula is C15H22F3N7O. The number of rotatable bonds is 7. The van der Waals surface area contributed by atoms with Crippen LogP contribution in [0.3, 0.4) is 0 Å². The van der Waals surface area contributed by atoms with Gasteiger partial charge in [0.1, 0.15) is 5.69 Å². The minimum Gasteiger partial charge on any atom is -0.337 e. The Labute approximate surface area is 148 Å². The van der Waals surface area contributed by atoms with Crippen LogP contribution in [0.2, 0.25) is 0 Å². The number of carbonyl (C=O) groups is 1. The van der Waals surface area contributed by atoms with Crippen LogP contribution in [0.4, 0.5) is 23.8 Å². The van der Waals surface area contributed by atoms with E-state index in [2.05, 4.69) is 26.0 Å². The zero-order valence-electron chi connectivity index (χ0n) is 14.8. The molecule has 2 aromatic heterocycles. The van der Waals surface area contributed by atoms with Gasteiger partial charge in [-0.3, -0.25) is 14.7 Å². The standard InChI is InChI=1S/C15H22F3N7O/c1-4-5-24-9-13(21-23-24)20-14(26)19-7-10(2)8-25-12(15(16,17)18)6-11(3)22-25/h6,9-10H,4-5,7-8H2,1-3H3,(H2,19,20,26). The highest BCUT2D eigenvalue weighted by atomic mass is 19.4. The van der Waals surface area contributed by atoms with Gasteiger partial charge in [0, 0.05) is 19.6 Å². The number of urea groups is 1. The number of amides is 2. The molecule has 26 heavy (non-hydrogen) atoms. The van der Waals surface area contributed by atoms with Crippen LogP contribution in [0, 0.1) is 12.8 Å². The number of alkyl halides is 3. The zero-order chi connectivity index (χ0) is 19.3. The number of nitrogens with zero attached hydrogens (tertiary/aromatic N) is 5. The lowest BCUT2D eigenvalue weighted by atomic mass is 10.2. The summed E-state index contributed by atoms with van der Waals surface area (Å²) in [6, 6.07) is 0.514. The number of aromatic nitrogens is 5. The first-order valence-electron chi connectivity index (χ1n) is 8.25. The van der Waals surface area contributed by atoms with Crippen LogP contribution in [0.5, 0.6) is 0 Å². The SMILES string of the molecule is CCCn1cc(NC(=O)NCC(C)Cn2nc(C)cc2C(F)(F)F)nn1. The summed E-state index contributed by atoms with van der Waals surface area (Å²) >= 11 is 0. The number of nitrogens with one attached hydrogen (secondary N) is 2. The van der Waals surface area contributed by atoms with Crippen LogP contribution < -0.4 is 10.6 Å². The summed E-state index contributed by atoms with van der Waals surface area (Å²) in [4.78, 5) is 11.9. The highest BCUT2D eigenvalue weighted by Crippen LogP contribution is 2.30. The maximum Gasteiger partial charge on any atom is 0.433 e. The quantitative estimate of drug-likeness (QED) is 0.781. The molecule has 2 aromatic rings. The minimum atomic E-state index is -4.46. The Kier molecular flexibility index (Phi) is 6.22. The third kappa shape index (κ3) is 5.46.